The van der Waals surface area contributed by atoms with Gasteiger partial charge in [0.25, 0.3) is 5.91 Å². The maximum absolute atomic E-state index is 12.8. The van der Waals surface area contributed by atoms with Crippen LogP contribution in [0.5, 0.6) is 5.75 Å². The second-order valence-electron chi connectivity index (χ2n) is 7.64. The van der Waals surface area contributed by atoms with E-state index in [1.807, 2.05) is 11.0 Å². The third-order valence-corrected chi connectivity index (χ3v) is 6.08. The van der Waals surface area contributed by atoms with Crippen molar-refractivity contribution < 1.29 is 9.53 Å². The van der Waals surface area contributed by atoms with Crippen LogP contribution in [-0.4, -0.2) is 51.7 Å². The predicted molar refractivity (Wildman–Crippen MR) is 124 cm³/mol. The van der Waals surface area contributed by atoms with E-state index in [1.165, 1.54) is 11.1 Å². The zero-order valence-electron chi connectivity index (χ0n) is 17.3. The molecule has 1 aliphatic heterocycles. The monoisotopic (exact) mass is 502 g/mol. The summed E-state index contributed by atoms with van der Waals surface area (Å²) in [5.41, 5.74) is 3.00. The number of piperazine rings is 1. The molecule has 0 aliphatic carbocycles. The summed E-state index contributed by atoms with van der Waals surface area (Å²) in [6.07, 6.45) is 1.74. The number of ether oxygens (including phenoxy) is 1. The second-order valence-corrected chi connectivity index (χ2v) is 8.97. The van der Waals surface area contributed by atoms with Crippen LogP contribution in [0.1, 0.15) is 21.6 Å². The molecule has 0 atom stereocenters. The van der Waals surface area contributed by atoms with Gasteiger partial charge in [0, 0.05) is 43.4 Å². The van der Waals surface area contributed by atoms with Gasteiger partial charge in [0.05, 0.1) is 5.02 Å². The fourth-order valence-corrected chi connectivity index (χ4v) is 4.23. The topological polar surface area (TPSA) is 50.6 Å². The minimum atomic E-state index is -0.0459. The van der Waals surface area contributed by atoms with E-state index < -0.39 is 0 Å². The molecule has 0 unspecified atom stereocenters. The number of benzene rings is 2. The van der Waals surface area contributed by atoms with E-state index in [9.17, 15) is 4.79 Å². The number of nitrogens with zero attached hydrogens (tertiary/aromatic N) is 4. The molecule has 1 amide bonds. The highest BCUT2D eigenvalue weighted by Crippen LogP contribution is 2.27. The number of hydrogen-bond donors (Lipinski definition) is 0. The van der Waals surface area contributed by atoms with Crippen LogP contribution >= 0.6 is 27.5 Å². The Balaban J connectivity index is 1.28. The Hall–Kier alpha value is -2.35. The quantitative estimate of drug-likeness (QED) is 0.493. The summed E-state index contributed by atoms with van der Waals surface area (Å²) < 4.78 is 8.19. The maximum Gasteiger partial charge on any atom is 0.274 e. The Kier molecular flexibility index (Phi) is 6.95. The van der Waals surface area contributed by atoms with Crippen molar-refractivity contribution in [3.8, 4) is 5.75 Å². The van der Waals surface area contributed by atoms with Crippen LogP contribution in [-0.2, 0) is 13.3 Å². The third kappa shape index (κ3) is 5.67. The first-order valence-corrected chi connectivity index (χ1v) is 11.3. The molecule has 1 aliphatic rings. The molecule has 0 saturated carbocycles. The minimum Gasteiger partial charge on any atom is -0.470 e. The number of amides is 1. The molecule has 1 fully saturated rings. The molecule has 1 saturated heterocycles. The summed E-state index contributed by atoms with van der Waals surface area (Å²) in [4.78, 5) is 17.1. The van der Waals surface area contributed by atoms with Crippen molar-refractivity contribution in [1.29, 1.82) is 0 Å². The number of aryl methyl sites for hydroxylation is 1. The van der Waals surface area contributed by atoms with Gasteiger partial charge in [0.1, 0.15) is 5.75 Å². The molecule has 0 spiro atoms. The average molecular weight is 504 g/mol. The summed E-state index contributed by atoms with van der Waals surface area (Å²) in [6, 6.07) is 15.8. The van der Waals surface area contributed by atoms with Crippen LogP contribution in [0.4, 0.5) is 0 Å². The maximum atomic E-state index is 12.8. The van der Waals surface area contributed by atoms with Gasteiger partial charge in [-0.15, -0.1) is 0 Å². The number of aromatic nitrogens is 2. The zero-order chi connectivity index (χ0) is 21.8. The molecule has 0 bridgehead atoms. The van der Waals surface area contributed by atoms with Crippen LogP contribution in [0, 0.1) is 6.92 Å². The summed E-state index contributed by atoms with van der Waals surface area (Å²) >= 11 is 9.54. The van der Waals surface area contributed by atoms with Crippen LogP contribution in [0.2, 0.25) is 5.02 Å². The van der Waals surface area contributed by atoms with E-state index in [4.69, 9.17) is 16.3 Å². The Bertz CT molecular complexity index is 1050. The smallest absolute Gasteiger partial charge is 0.274 e. The van der Waals surface area contributed by atoms with Crippen LogP contribution in [0.3, 0.4) is 0 Å². The highest BCUT2D eigenvalue weighted by atomic mass is 79.9. The van der Waals surface area contributed by atoms with Gasteiger partial charge in [-0.1, -0.05) is 57.4 Å². The lowest BCUT2D eigenvalue weighted by Gasteiger charge is -2.34. The summed E-state index contributed by atoms with van der Waals surface area (Å²) in [5, 5.41) is 4.89. The lowest BCUT2D eigenvalue weighted by atomic mass is 10.1. The Labute approximate surface area is 195 Å². The molecule has 2 heterocycles. The first kappa shape index (κ1) is 21.9. The number of halogens is 2. The van der Waals surface area contributed by atoms with Crippen LogP contribution in [0.15, 0.2) is 59.2 Å². The highest BCUT2D eigenvalue weighted by Gasteiger charge is 2.23. The third-order valence-electron chi connectivity index (χ3n) is 5.29. The number of carbonyl (C=O) groups excluding carboxylic acids is 1. The molecule has 6 nitrogen and oxygen atoms in total. The molecular weight excluding hydrogens is 480 g/mol. The molecule has 3 aromatic rings. The number of hydrogen-bond acceptors (Lipinski definition) is 4. The number of carbonyl (C=O) groups is 1. The first-order valence-electron chi connectivity index (χ1n) is 10.2. The summed E-state index contributed by atoms with van der Waals surface area (Å²) in [5.74, 6) is 0.522. The fourth-order valence-electron chi connectivity index (χ4n) is 3.50. The lowest BCUT2D eigenvalue weighted by Crippen LogP contribution is -2.48. The van der Waals surface area contributed by atoms with E-state index in [1.54, 1.807) is 29.1 Å². The first-order chi connectivity index (χ1) is 15.0. The van der Waals surface area contributed by atoms with Gasteiger partial charge in [0.2, 0.25) is 0 Å². The standard InChI is InChI=1S/C23H24BrClN4O2/c1-17-2-4-18(5-3-17)15-27-10-12-28(13-11-27)23(30)21-8-9-29(26-21)16-31-22-7-6-19(24)14-20(22)25/h2-9,14H,10-13,15-16H2,1H3. The van der Waals surface area contributed by atoms with Crippen molar-refractivity contribution in [2.45, 2.75) is 20.2 Å². The summed E-state index contributed by atoms with van der Waals surface area (Å²) in [6.45, 7) is 6.28. The van der Waals surface area contributed by atoms with Crippen molar-refractivity contribution in [1.82, 2.24) is 19.6 Å². The molecule has 4 rings (SSSR count). The molecular formula is C23H24BrClN4O2. The molecule has 0 N–H and O–H groups in total. The van der Waals surface area contributed by atoms with Gasteiger partial charge in [-0.25, -0.2) is 4.68 Å². The van der Waals surface area contributed by atoms with Gasteiger partial charge in [-0.2, -0.15) is 5.10 Å². The van der Waals surface area contributed by atoms with E-state index >= 15 is 0 Å². The Morgan fingerprint density at radius 2 is 1.84 bits per heavy atom. The van der Waals surface area contributed by atoms with Crippen molar-refractivity contribution in [3.63, 3.8) is 0 Å². The second kappa shape index (κ2) is 9.85. The Morgan fingerprint density at radius 3 is 2.55 bits per heavy atom. The lowest BCUT2D eigenvalue weighted by molar-refractivity contribution is 0.0621. The van der Waals surface area contributed by atoms with Gasteiger partial charge in [-0.05, 0) is 36.8 Å². The van der Waals surface area contributed by atoms with E-state index in [0.29, 0.717) is 29.6 Å². The van der Waals surface area contributed by atoms with Gasteiger partial charge in [0.15, 0.2) is 12.4 Å². The molecule has 2 aromatic carbocycles. The predicted octanol–water partition coefficient (Wildman–Crippen LogP) is 4.60. The van der Waals surface area contributed by atoms with E-state index in [2.05, 4.69) is 57.1 Å². The molecule has 8 heteroatoms. The van der Waals surface area contributed by atoms with E-state index in [-0.39, 0.29) is 12.6 Å². The highest BCUT2D eigenvalue weighted by molar-refractivity contribution is 9.10. The minimum absolute atomic E-state index is 0.0459. The molecule has 162 valence electrons. The van der Waals surface area contributed by atoms with Gasteiger partial charge >= 0.3 is 0 Å². The summed E-state index contributed by atoms with van der Waals surface area (Å²) in [7, 11) is 0. The van der Waals surface area contributed by atoms with Crippen molar-refractivity contribution in [2.24, 2.45) is 0 Å². The Morgan fingerprint density at radius 1 is 1.10 bits per heavy atom. The van der Waals surface area contributed by atoms with Gasteiger partial charge in [-0.3, -0.25) is 9.69 Å². The molecule has 0 radical (unpaired) electrons. The fraction of sp³-hybridized carbons (Fsp3) is 0.304. The number of rotatable bonds is 6. The van der Waals surface area contributed by atoms with Crippen molar-refractivity contribution in [2.75, 3.05) is 26.2 Å². The van der Waals surface area contributed by atoms with Crippen molar-refractivity contribution >= 4 is 33.4 Å². The SMILES string of the molecule is Cc1ccc(CN2CCN(C(=O)c3ccn(COc4ccc(Br)cc4Cl)n3)CC2)cc1. The molecule has 31 heavy (non-hydrogen) atoms. The zero-order valence-corrected chi connectivity index (χ0v) is 19.6. The van der Waals surface area contributed by atoms with Crippen molar-refractivity contribution in [3.05, 3.63) is 81.0 Å². The van der Waals surface area contributed by atoms with Crippen LogP contribution in [0.25, 0.3) is 0 Å². The van der Waals surface area contributed by atoms with E-state index in [0.717, 1.165) is 24.1 Å². The molecule has 1 aromatic heterocycles. The largest absolute Gasteiger partial charge is 0.470 e. The van der Waals surface area contributed by atoms with Gasteiger partial charge < -0.3 is 9.64 Å². The average Bonchev–Trinajstić information content (AvgIpc) is 3.24. The van der Waals surface area contributed by atoms with Crippen LogP contribution < -0.4 is 4.74 Å². The normalized spacial score (nSPS) is 14.6.